The van der Waals surface area contributed by atoms with Crippen molar-refractivity contribution in [2.75, 3.05) is 5.43 Å². The minimum absolute atomic E-state index is 0.0568. The van der Waals surface area contributed by atoms with E-state index in [4.69, 9.17) is 11.6 Å². The first-order valence-corrected chi connectivity index (χ1v) is 6.92. The van der Waals surface area contributed by atoms with Gasteiger partial charge in [-0.15, -0.1) is 11.6 Å². The van der Waals surface area contributed by atoms with Gasteiger partial charge in [0.05, 0.1) is 21.6 Å². The van der Waals surface area contributed by atoms with Crippen LogP contribution in [0.1, 0.15) is 16.5 Å². The molecule has 2 aromatic rings. The Hall–Kier alpha value is -3.00. The van der Waals surface area contributed by atoms with Gasteiger partial charge in [0.2, 0.25) is 0 Å². The minimum atomic E-state index is -0.706. The summed E-state index contributed by atoms with van der Waals surface area (Å²) >= 11 is 6.19. The Bertz CT molecular complexity index is 852. The number of nitrogens with zero attached hydrogens (tertiary/aromatic N) is 3. The van der Waals surface area contributed by atoms with Gasteiger partial charge in [-0.25, -0.2) is 0 Å². The Kier molecular flexibility index (Phi) is 3.67. The summed E-state index contributed by atoms with van der Waals surface area (Å²) in [7, 11) is 0. The van der Waals surface area contributed by atoms with Gasteiger partial charge in [0.25, 0.3) is 5.69 Å². The summed E-state index contributed by atoms with van der Waals surface area (Å²) in [5.41, 5.74) is 4.21. The van der Waals surface area contributed by atoms with Crippen molar-refractivity contribution >= 4 is 34.4 Å². The molecule has 0 fully saturated rings. The number of anilines is 1. The van der Waals surface area contributed by atoms with Gasteiger partial charge >= 0.3 is 5.69 Å². The van der Waals surface area contributed by atoms with E-state index in [2.05, 4.69) is 10.5 Å². The second-order valence-electron chi connectivity index (χ2n) is 4.77. The number of halogens is 1. The molecule has 0 spiro atoms. The average Bonchev–Trinajstić information content (AvgIpc) is 2.54. The van der Waals surface area contributed by atoms with Crippen molar-refractivity contribution in [3.05, 3.63) is 73.8 Å². The summed E-state index contributed by atoms with van der Waals surface area (Å²) in [5.74, 6) is 0. The Morgan fingerprint density at radius 1 is 1.09 bits per heavy atom. The van der Waals surface area contributed by atoms with E-state index in [-0.39, 0.29) is 11.4 Å². The van der Waals surface area contributed by atoms with Crippen LogP contribution in [0.3, 0.4) is 0 Å². The Labute approximate surface area is 134 Å². The minimum Gasteiger partial charge on any atom is -0.271 e. The summed E-state index contributed by atoms with van der Waals surface area (Å²) in [6.07, 6.45) is 0. The van der Waals surface area contributed by atoms with E-state index in [9.17, 15) is 20.2 Å². The fourth-order valence-corrected chi connectivity index (χ4v) is 2.63. The summed E-state index contributed by atoms with van der Waals surface area (Å²) in [5, 5.41) is 25.5. The highest BCUT2D eigenvalue weighted by Gasteiger charge is 2.32. The molecule has 1 aliphatic rings. The number of nitro benzene ring substituents is 2. The van der Waals surface area contributed by atoms with Crippen LogP contribution >= 0.6 is 11.6 Å². The summed E-state index contributed by atoms with van der Waals surface area (Å²) in [4.78, 5) is 20.4. The van der Waals surface area contributed by atoms with Gasteiger partial charge in [-0.2, -0.15) is 5.10 Å². The Balaban J connectivity index is 1.91. The zero-order valence-corrected chi connectivity index (χ0v) is 12.2. The largest absolute Gasteiger partial charge is 0.301 e. The lowest BCUT2D eigenvalue weighted by Crippen LogP contribution is -2.24. The lowest BCUT2D eigenvalue weighted by Gasteiger charge is -2.26. The molecule has 8 nitrogen and oxygen atoms in total. The number of hydrogen-bond acceptors (Lipinski definition) is 6. The molecular formula is C14H9ClN4O4. The number of hydrogen-bond donors (Lipinski definition) is 1. The van der Waals surface area contributed by atoms with Crippen molar-refractivity contribution in [2.24, 2.45) is 5.10 Å². The molecule has 2 aromatic carbocycles. The van der Waals surface area contributed by atoms with E-state index in [0.29, 0.717) is 5.71 Å². The number of non-ortho nitro benzene ring substituents is 1. The van der Waals surface area contributed by atoms with Gasteiger partial charge in [-0.1, -0.05) is 24.3 Å². The first-order chi connectivity index (χ1) is 11.0. The Morgan fingerprint density at radius 3 is 2.52 bits per heavy atom. The predicted octanol–water partition coefficient (Wildman–Crippen LogP) is 3.61. The zero-order valence-electron chi connectivity index (χ0n) is 11.5. The van der Waals surface area contributed by atoms with Crippen LogP contribution in [-0.4, -0.2) is 15.6 Å². The van der Waals surface area contributed by atoms with Gasteiger partial charge < -0.3 is 0 Å². The number of rotatable bonds is 4. The second kappa shape index (κ2) is 5.65. The highest BCUT2D eigenvalue weighted by Crippen LogP contribution is 2.39. The Morgan fingerprint density at radius 2 is 1.83 bits per heavy atom. The smallest absolute Gasteiger partial charge is 0.271 e. The fourth-order valence-electron chi connectivity index (χ4n) is 2.27. The van der Waals surface area contributed by atoms with Crippen molar-refractivity contribution < 1.29 is 9.85 Å². The van der Waals surface area contributed by atoms with Gasteiger partial charge in [0.15, 0.2) is 0 Å². The number of nitro groups is 2. The number of alkyl halides is 1. The third kappa shape index (κ3) is 2.59. The second-order valence-corrected chi connectivity index (χ2v) is 5.21. The van der Waals surface area contributed by atoms with Crippen molar-refractivity contribution in [3.63, 3.8) is 0 Å². The zero-order chi connectivity index (χ0) is 16.6. The van der Waals surface area contributed by atoms with Crippen LogP contribution in [0.15, 0.2) is 47.6 Å². The van der Waals surface area contributed by atoms with Crippen LogP contribution in [0, 0.1) is 20.2 Å². The summed E-state index contributed by atoms with van der Waals surface area (Å²) in [6, 6.07) is 10.7. The standard InChI is InChI=1S/C14H9ClN4O4/c15-13-9-3-1-2-4-10(9)14(13)17-16-11-6-5-8(18(20)21)7-12(11)19(22)23/h1-7,13,16H. The highest BCUT2D eigenvalue weighted by molar-refractivity contribution is 6.40. The topological polar surface area (TPSA) is 111 Å². The van der Waals surface area contributed by atoms with E-state index in [1.54, 1.807) is 0 Å². The van der Waals surface area contributed by atoms with Crippen LogP contribution in [0.5, 0.6) is 0 Å². The molecule has 116 valence electrons. The van der Waals surface area contributed by atoms with E-state index >= 15 is 0 Å². The van der Waals surface area contributed by atoms with Crippen LogP contribution in [0.2, 0.25) is 0 Å². The molecule has 1 aliphatic carbocycles. The molecule has 0 bridgehead atoms. The van der Waals surface area contributed by atoms with Crippen molar-refractivity contribution in [1.82, 2.24) is 0 Å². The summed E-state index contributed by atoms with van der Waals surface area (Å²) < 4.78 is 0. The molecule has 0 heterocycles. The maximum atomic E-state index is 11.1. The van der Waals surface area contributed by atoms with Crippen molar-refractivity contribution in [3.8, 4) is 0 Å². The summed E-state index contributed by atoms with van der Waals surface area (Å²) in [6.45, 7) is 0. The van der Waals surface area contributed by atoms with Gasteiger partial charge in [-0.05, 0) is 11.6 Å². The van der Waals surface area contributed by atoms with Crippen molar-refractivity contribution in [1.29, 1.82) is 0 Å². The molecule has 23 heavy (non-hydrogen) atoms. The predicted molar refractivity (Wildman–Crippen MR) is 84.9 cm³/mol. The van der Waals surface area contributed by atoms with Crippen molar-refractivity contribution in [2.45, 2.75) is 5.38 Å². The first-order valence-electron chi connectivity index (χ1n) is 6.49. The van der Waals surface area contributed by atoms with E-state index < -0.39 is 20.9 Å². The molecule has 0 aliphatic heterocycles. The van der Waals surface area contributed by atoms with E-state index in [1.165, 1.54) is 12.1 Å². The van der Waals surface area contributed by atoms with Crippen LogP contribution in [0.25, 0.3) is 0 Å². The first kappa shape index (κ1) is 14.9. The molecule has 0 aromatic heterocycles. The lowest BCUT2D eigenvalue weighted by molar-refractivity contribution is -0.393. The number of hydrazone groups is 1. The molecule has 1 N–H and O–H groups in total. The average molecular weight is 333 g/mol. The number of benzene rings is 2. The molecule has 0 amide bonds. The normalized spacial score (nSPS) is 17.3. The van der Waals surface area contributed by atoms with Gasteiger partial charge in [0.1, 0.15) is 11.1 Å². The van der Waals surface area contributed by atoms with Crippen LogP contribution in [-0.2, 0) is 0 Å². The number of fused-ring (bicyclic) bond motifs is 1. The molecular weight excluding hydrogens is 324 g/mol. The third-order valence-corrected chi connectivity index (χ3v) is 3.88. The fraction of sp³-hybridized carbons (Fsp3) is 0.0714. The third-order valence-electron chi connectivity index (χ3n) is 3.44. The molecule has 0 radical (unpaired) electrons. The highest BCUT2D eigenvalue weighted by atomic mass is 35.5. The van der Waals surface area contributed by atoms with Gasteiger partial charge in [0, 0.05) is 11.6 Å². The SMILES string of the molecule is O=[N+]([O-])c1ccc(NN=C2c3ccccc3C2Cl)c([N+](=O)[O-])c1. The maximum absolute atomic E-state index is 11.1. The molecule has 0 saturated heterocycles. The maximum Gasteiger partial charge on any atom is 0.301 e. The number of nitrogens with one attached hydrogen (secondary N) is 1. The van der Waals surface area contributed by atoms with E-state index in [1.807, 2.05) is 24.3 Å². The molecule has 3 rings (SSSR count). The monoisotopic (exact) mass is 332 g/mol. The molecule has 9 heteroatoms. The molecule has 1 atom stereocenters. The van der Waals surface area contributed by atoms with Crippen LogP contribution in [0.4, 0.5) is 17.1 Å². The molecule has 0 saturated carbocycles. The van der Waals surface area contributed by atoms with Crippen LogP contribution < -0.4 is 5.43 Å². The van der Waals surface area contributed by atoms with Gasteiger partial charge in [-0.3, -0.25) is 25.7 Å². The quantitative estimate of drug-likeness (QED) is 0.522. The molecule has 1 unspecified atom stereocenters. The van der Waals surface area contributed by atoms with E-state index in [0.717, 1.165) is 17.2 Å². The lowest BCUT2D eigenvalue weighted by atomic mass is 9.86.